The summed E-state index contributed by atoms with van der Waals surface area (Å²) < 4.78 is 19.4. The molecule has 4 atom stereocenters. The second kappa shape index (κ2) is 4.86. The smallest absolute Gasteiger partial charge is 0.394 e. The summed E-state index contributed by atoms with van der Waals surface area (Å²) in [6, 6.07) is 0. The predicted octanol–water partition coefficient (Wildman–Crippen LogP) is -2.42. The minimum Gasteiger partial charge on any atom is -0.394 e. The van der Waals surface area contributed by atoms with E-state index in [4.69, 9.17) is 19.6 Å². The zero-order valence-corrected chi connectivity index (χ0v) is 8.53. The van der Waals surface area contributed by atoms with E-state index in [0.717, 1.165) is 0 Å². The van der Waals surface area contributed by atoms with Gasteiger partial charge in [-0.1, -0.05) is 0 Å². The van der Waals surface area contributed by atoms with Crippen LogP contribution in [0.5, 0.6) is 0 Å². The number of rotatable bonds is 4. The number of phosphoric ester groups is 1. The highest BCUT2D eigenvalue weighted by atomic mass is 31.2. The molecule has 0 aromatic rings. The molecule has 5 N–H and O–H groups in total. The van der Waals surface area contributed by atoms with E-state index in [2.05, 4.69) is 4.52 Å². The maximum Gasteiger partial charge on any atom is 0.469 e. The number of aliphatic hydroxyl groups excluding tert-OH is 3. The maximum absolute atomic E-state index is 10.4. The summed E-state index contributed by atoms with van der Waals surface area (Å²) in [4.78, 5) is 16.8. The van der Waals surface area contributed by atoms with Crippen molar-refractivity contribution < 1.29 is 38.9 Å². The minimum atomic E-state index is -4.63. The van der Waals surface area contributed by atoms with Gasteiger partial charge in [-0.3, -0.25) is 4.52 Å². The molecule has 0 saturated carbocycles. The summed E-state index contributed by atoms with van der Waals surface area (Å²) in [5.74, 6) is 0. The lowest BCUT2D eigenvalue weighted by Gasteiger charge is -2.14. The highest BCUT2D eigenvalue weighted by Gasteiger charge is 2.43. The fraction of sp³-hybridized carbons (Fsp3) is 1.00. The minimum absolute atomic E-state index is 0.495. The van der Waals surface area contributed by atoms with Gasteiger partial charge in [-0.2, -0.15) is 0 Å². The van der Waals surface area contributed by atoms with Gasteiger partial charge in [0.15, 0.2) is 0 Å². The lowest BCUT2D eigenvalue weighted by atomic mass is 10.1. The number of aliphatic hydroxyl groups is 3. The Morgan fingerprint density at radius 2 is 1.73 bits per heavy atom. The summed E-state index contributed by atoms with van der Waals surface area (Å²) in [5, 5.41) is 27.3. The van der Waals surface area contributed by atoms with E-state index < -0.39 is 45.5 Å². The second-order valence-electron chi connectivity index (χ2n) is 3.16. The van der Waals surface area contributed by atoms with Gasteiger partial charge in [0.25, 0.3) is 0 Å². The maximum atomic E-state index is 10.4. The van der Waals surface area contributed by atoms with Gasteiger partial charge in [0.05, 0.1) is 13.2 Å². The lowest BCUT2D eigenvalue weighted by Crippen LogP contribution is -2.35. The number of phosphoric acid groups is 1. The summed E-state index contributed by atoms with van der Waals surface area (Å²) in [6.45, 7) is -1.05. The van der Waals surface area contributed by atoms with Crippen molar-refractivity contribution in [3.8, 4) is 0 Å². The predicted molar refractivity (Wildman–Crippen MR) is 45.8 cm³/mol. The van der Waals surface area contributed by atoms with Gasteiger partial charge < -0.3 is 29.8 Å². The van der Waals surface area contributed by atoms with E-state index in [0.29, 0.717) is 0 Å². The Morgan fingerprint density at radius 3 is 2.13 bits per heavy atom. The summed E-state index contributed by atoms with van der Waals surface area (Å²) in [7, 11) is -4.63. The third kappa shape index (κ3) is 3.47. The van der Waals surface area contributed by atoms with E-state index in [-0.39, 0.29) is 0 Å². The molecule has 1 aliphatic heterocycles. The van der Waals surface area contributed by atoms with Gasteiger partial charge >= 0.3 is 7.82 Å². The van der Waals surface area contributed by atoms with Gasteiger partial charge in [0.2, 0.25) is 0 Å². The average molecular weight is 244 g/mol. The highest BCUT2D eigenvalue weighted by Crippen LogP contribution is 2.37. The molecule has 0 spiro atoms. The molecule has 8 nitrogen and oxygen atoms in total. The summed E-state index contributed by atoms with van der Waals surface area (Å²) >= 11 is 0. The third-order valence-corrected chi connectivity index (χ3v) is 2.53. The first-order valence-corrected chi connectivity index (χ1v) is 5.70. The largest absolute Gasteiger partial charge is 0.469 e. The molecular formula is C6H13O8P. The first-order valence-electron chi connectivity index (χ1n) is 4.17. The van der Waals surface area contributed by atoms with Crippen LogP contribution < -0.4 is 0 Å². The van der Waals surface area contributed by atoms with E-state index in [9.17, 15) is 14.8 Å². The van der Waals surface area contributed by atoms with Crippen LogP contribution in [0.15, 0.2) is 0 Å². The van der Waals surface area contributed by atoms with Crippen molar-refractivity contribution in [1.29, 1.82) is 0 Å². The molecule has 0 bridgehead atoms. The molecule has 15 heavy (non-hydrogen) atoms. The molecule has 9 heteroatoms. The molecule has 1 rings (SSSR count). The monoisotopic (exact) mass is 244 g/mol. The molecule has 1 fully saturated rings. The zero-order chi connectivity index (χ0) is 11.6. The quantitative estimate of drug-likeness (QED) is 0.344. The molecule has 90 valence electrons. The van der Waals surface area contributed by atoms with Crippen molar-refractivity contribution >= 4 is 7.82 Å². The Labute approximate surface area is 85.3 Å². The molecule has 0 radical (unpaired) electrons. The van der Waals surface area contributed by atoms with Crippen LogP contribution in [-0.4, -0.2) is 62.7 Å². The summed E-state index contributed by atoms with van der Waals surface area (Å²) in [5.41, 5.74) is 0. The van der Waals surface area contributed by atoms with Crippen molar-refractivity contribution in [3.63, 3.8) is 0 Å². The van der Waals surface area contributed by atoms with E-state index in [1.165, 1.54) is 0 Å². The third-order valence-electron chi connectivity index (χ3n) is 2.05. The first kappa shape index (κ1) is 13.0. The molecule has 0 amide bonds. The molecule has 1 saturated heterocycles. The molecule has 0 aromatic heterocycles. The van der Waals surface area contributed by atoms with Crippen molar-refractivity contribution in [3.05, 3.63) is 0 Å². The van der Waals surface area contributed by atoms with Crippen LogP contribution in [0.2, 0.25) is 0 Å². The molecule has 0 aliphatic carbocycles. The lowest BCUT2D eigenvalue weighted by molar-refractivity contribution is -0.0388. The highest BCUT2D eigenvalue weighted by molar-refractivity contribution is 7.46. The molecule has 1 aliphatic rings. The van der Waals surface area contributed by atoms with Crippen LogP contribution in [0, 0.1) is 0 Å². The Morgan fingerprint density at radius 1 is 1.20 bits per heavy atom. The van der Waals surface area contributed by atoms with Crippen LogP contribution in [0.3, 0.4) is 0 Å². The van der Waals surface area contributed by atoms with E-state index in [1.54, 1.807) is 0 Å². The SMILES string of the molecule is O=P(O)(O)OC[C@@H]1O[C@@H](CO)[C@H](O)[C@H]1O. The van der Waals surface area contributed by atoms with Crippen LogP contribution in [0.25, 0.3) is 0 Å². The fourth-order valence-corrected chi connectivity index (χ4v) is 1.63. The molecule has 0 aromatic carbocycles. The zero-order valence-electron chi connectivity index (χ0n) is 7.63. The van der Waals surface area contributed by atoms with Gasteiger partial charge in [-0.05, 0) is 0 Å². The Hall–Kier alpha value is -0.0500. The van der Waals surface area contributed by atoms with Crippen molar-refractivity contribution in [1.82, 2.24) is 0 Å². The number of hydrogen-bond acceptors (Lipinski definition) is 6. The Balaban J connectivity index is 2.47. The average Bonchev–Trinajstić information content (AvgIpc) is 2.40. The standard InChI is InChI=1S/C6H13O8P/c7-1-3-5(8)6(9)4(14-3)2-13-15(10,11)12/h3-9H,1-2H2,(H2,10,11,12)/t3-,4-,5-,6-/m0/s1. The summed E-state index contributed by atoms with van der Waals surface area (Å²) in [6.07, 6.45) is -4.66. The number of hydrogen-bond donors (Lipinski definition) is 5. The first-order chi connectivity index (χ1) is 6.85. The molecule has 0 unspecified atom stereocenters. The van der Waals surface area contributed by atoms with Crippen LogP contribution in [0.1, 0.15) is 0 Å². The van der Waals surface area contributed by atoms with Gasteiger partial charge in [-0.15, -0.1) is 0 Å². The van der Waals surface area contributed by atoms with E-state index in [1.807, 2.05) is 0 Å². The molecular weight excluding hydrogens is 231 g/mol. The molecule has 1 heterocycles. The normalized spacial score (nSPS) is 37.1. The Kier molecular flexibility index (Phi) is 4.21. The number of ether oxygens (including phenoxy) is 1. The van der Waals surface area contributed by atoms with Gasteiger partial charge in [0, 0.05) is 0 Å². The van der Waals surface area contributed by atoms with Crippen molar-refractivity contribution in [2.75, 3.05) is 13.2 Å². The van der Waals surface area contributed by atoms with E-state index >= 15 is 0 Å². The van der Waals surface area contributed by atoms with Crippen LogP contribution in [0.4, 0.5) is 0 Å². The fourth-order valence-electron chi connectivity index (χ4n) is 1.28. The van der Waals surface area contributed by atoms with Crippen molar-refractivity contribution in [2.45, 2.75) is 24.4 Å². The Bertz CT molecular complexity index is 252. The van der Waals surface area contributed by atoms with Crippen LogP contribution in [-0.2, 0) is 13.8 Å². The van der Waals surface area contributed by atoms with Gasteiger partial charge in [-0.25, -0.2) is 4.57 Å². The van der Waals surface area contributed by atoms with Crippen molar-refractivity contribution in [2.24, 2.45) is 0 Å². The topological polar surface area (TPSA) is 137 Å². The van der Waals surface area contributed by atoms with Gasteiger partial charge in [0.1, 0.15) is 24.4 Å². The van der Waals surface area contributed by atoms with Crippen LogP contribution >= 0.6 is 7.82 Å². The second-order valence-corrected chi connectivity index (χ2v) is 4.40.